The molecule has 1 unspecified atom stereocenters. The van der Waals surface area contributed by atoms with E-state index < -0.39 is 39.7 Å². The third-order valence-electron chi connectivity index (χ3n) is 6.33. The van der Waals surface area contributed by atoms with Crippen molar-refractivity contribution >= 4 is 33.5 Å². The fraction of sp³-hybridized carbons (Fsp3) is 0.500. The Morgan fingerprint density at radius 2 is 1.84 bits per heavy atom. The maximum Gasteiger partial charge on any atom is 0.416 e. The van der Waals surface area contributed by atoms with Crippen LogP contribution >= 0.6 is 0 Å². The van der Waals surface area contributed by atoms with Crippen molar-refractivity contribution in [2.45, 2.75) is 19.1 Å². The lowest BCUT2D eigenvalue weighted by Crippen LogP contribution is -2.49. The second-order valence-corrected chi connectivity index (χ2v) is 11.0. The number of anilines is 2. The van der Waals surface area contributed by atoms with Gasteiger partial charge in [0.05, 0.1) is 17.7 Å². The Bertz CT molecular complexity index is 1270. The Balaban J connectivity index is 1.41. The molecule has 3 heterocycles. The Labute approximate surface area is 211 Å². The van der Waals surface area contributed by atoms with Gasteiger partial charge in [0.1, 0.15) is 0 Å². The highest BCUT2D eigenvalue weighted by molar-refractivity contribution is 7.92. The molecule has 2 fully saturated rings. The minimum absolute atomic E-state index is 0.0162. The number of carbonyl (C=O) groups is 2. The van der Waals surface area contributed by atoms with Crippen molar-refractivity contribution < 1.29 is 36.3 Å². The molecule has 0 bridgehead atoms. The topological polar surface area (TPSA) is 128 Å². The van der Waals surface area contributed by atoms with E-state index in [-0.39, 0.29) is 18.9 Å². The zero-order valence-electron chi connectivity index (χ0n) is 20.0. The number of hydrogen-bond donors (Lipinski definition) is 2. The van der Waals surface area contributed by atoms with Gasteiger partial charge in [0, 0.05) is 63.8 Å². The van der Waals surface area contributed by atoms with Crippen molar-refractivity contribution in [3.8, 4) is 0 Å². The Morgan fingerprint density at radius 3 is 2.43 bits per heavy atom. The molecule has 1 aromatic carbocycles. The lowest BCUT2D eigenvalue weighted by atomic mass is 10.1. The summed E-state index contributed by atoms with van der Waals surface area (Å²) in [5, 5.41) is 13.2. The molecular formula is C22H27F3N6O5S. The number of halogens is 3. The smallest absolute Gasteiger partial charge is 0.416 e. The highest BCUT2D eigenvalue weighted by Crippen LogP contribution is 2.35. The van der Waals surface area contributed by atoms with E-state index in [1.165, 1.54) is 17.2 Å². The molecule has 2 N–H and O–H groups in total. The van der Waals surface area contributed by atoms with Crippen molar-refractivity contribution in [3.63, 3.8) is 0 Å². The molecule has 11 nitrogen and oxygen atoms in total. The molecule has 2 aliphatic heterocycles. The quantitative estimate of drug-likeness (QED) is 0.565. The summed E-state index contributed by atoms with van der Waals surface area (Å²) in [6.07, 6.45) is -1.85. The first-order chi connectivity index (χ1) is 17.3. The van der Waals surface area contributed by atoms with E-state index in [0.717, 1.165) is 23.1 Å². The maximum absolute atomic E-state index is 13.6. The van der Waals surface area contributed by atoms with Crippen LogP contribution in [0.2, 0.25) is 0 Å². The number of piperazine rings is 1. The standard InChI is InChI=1S/C22H27F3N6O5S/c1-37(35,36)27-19-3-5-31(26-19)21(34)29-8-6-28(7-9-29)13-15-10-17(22(23,24)25)12-18(11-15)30-4-2-16(14-30)20(32)33/h3,5,10-12,16H,2,4,6-9,13-14H2,1H3,(H,26,27)(H,32,33). The van der Waals surface area contributed by atoms with E-state index in [0.29, 0.717) is 50.4 Å². The Hall–Kier alpha value is -3.33. The first-order valence-corrected chi connectivity index (χ1v) is 13.4. The summed E-state index contributed by atoms with van der Waals surface area (Å²) < 4.78 is 66.7. The minimum atomic E-state index is -4.55. The molecule has 1 aromatic heterocycles. The molecule has 2 aromatic rings. The van der Waals surface area contributed by atoms with Crippen LogP contribution in [-0.4, -0.2) is 90.6 Å². The SMILES string of the molecule is CS(=O)(=O)Nc1ccn(C(=O)N2CCN(Cc3cc(N4CCC(C(=O)O)C4)cc(C(F)(F)F)c3)CC2)n1. The number of hydrogen-bond acceptors (Lipinski definition) is 7. The van der Waals surface area contributed by atoms with Gasteiger partial charge in [-0.15, -0.1) is 5.10 Å². The molecule has 37 heavy (non-hydrogen) atoms. The summed E-state index contributed by atoms with van der Waals surface area (Å²) in [6.45, 7) is 2.21. The summed E-state index contributed by atoms with van der Waals surface area (Å²) >= 11 is 0. The average Bonchev–Trinajstić information content (AvgIpc) is 3.47. The zero-order chi connectivity index (χ0) is 27.0. The number of rotatable bonds is 6. The number of carboxylic acid groups (broad SMARTS) is 1. The third kappa shape index (κ3) is 6.71. The molecule has 15 heteroatoms. The van der Waals surface area contributed by atoms with Crippen LogP contribution in [-0.2, 0) is 27.5 Å². The van der Waals surface area contributed by atoms with Crippen molar-refractivity contribution in [2.24, 2.45) is 5.92 Å². The van der Waals surface area contributed by atoms with Gasteiger partial charge in [-0.3, -0.25) is 14.4 Å². The summed E-state index contributed by atoms with van der Waals surface area (Å²) in [5.74, 6) is -1.56. The molecule has 1 amide bonds. The number of amides is 1. The highest BCUT2D eigenvalue weighted by Gasteiger charge is 2.34. The van der Waals surface area contributed by atoms with E-state index in [9.17, 15) is 36.3 Å². The fourth-order valence-electron chi connectivity index (χ4n) is 4.48. The second kappa shape index (κ2) is 10.2. The number of carboxylic acids is 1. The van der Waals surface area contributed by atoms with Crippen LogP contribution < -0.4 is 9.62 Å². The molecule has 202 valence electrons. The molecule has 2 saturated heterocycles. The third-order valence-corrected chi connectivity index (χ3v) is 6.91. The molecular weight excluding hydrogens is 517 g/mol. The van der Waals surface area contributed by atoms with Gasteiger partial charge >= 0.3 is 18.2 Å². The maximum atomic E-state index is 13.6. The number of nitrogens with one attached hydrogen (secondary N) is 1. The second-order valence-electron chi connectivity index (χ2n) is 9.22. The lowest BCUT2D eigenvalue weighted by Gasteiger charge is -2.34. The van der Waals surface area contributed by atoms with E-state index in [1.54, 1.807) is 11.0 Å². The first-order valence-electron chi connectivity index (χ1n) is 11.5. The molecule has 4 rings (SSSR count). The number of aromatic nitrogens is 2. The van der Waals surface area contributed by atoms with Gasteiger partial charge in [-0.2, -0.15) is 17.9 Å². The normalized spacial score (nSPS) is 19.3. The molecule has 0 radical (unpaired) electrons. The summed E-state index contributed by atoms with van der Waals surface area (Å²) in [7, 11) is -3.54. The van der Waals surface area contributed by atoms with Gasteiger partial charge < -0.3 is 14.9 Å². The van der Waals surface area contributed by atoms with Crippen LogP contribution in [0.15, 0.2) is 30.5 Å². The van der Waals surface area contributed by atoms with Crippen LogP contribution in [0.25, 0.3) is 0 Å². The van der Waals surface area contributed by atoms with E-state index >= 15 is 0 Å². The van der Waals surface area contributed by atoms with Gasteiger partial charge in [-0.05, 0) is 30.2 Å². The van der Waals surface area contributed by atoms with Crippen molar-refractivity contribution in [2.75, 3.05) is 55.1 Å². The van der Waals surface area contributed by atoms with Gasteiger partial charge in [-0.25, -0.2) is 13.2 Å². The van der Waals surface area contributed by atoms with Crippen LogP contribution in [0.1, 0.15) is 17.5 Å². The average molecular weight is 545 g/mol. The fourth-order valence-corrected chi connectivity index (χ4v) is 4.97. The number of sulfonamides is 1. The van der Waals surface area contributed by atoms with Gasteiger partial charge in [0.2, 0.25) is 10.0 Å². The highest BCUT2D eigenvalue weighted by atomic mass is 32.2. The van der Waals surface area contributed by atoms with Gasteiger partial charge in [0.25, 0.3) is 0 Å². The number of aliphatic carboxylic acids is 1. The zero-order valence-corrected chi connectivity index (χ0v) is 20.8. The van der Waals surface area contributed by atoms with E-state index in [2.05, 4.69) is 9.82 Å². The molecule has 0 saturated carbocycles. The predicted molar refractivity (Wildman–Crippen MR) is 128 cm³/mol. The van der Waals surface area contributed by atoms with Gasteiger partial charge in [-0.1, -0.05) is 0 Å². The van der Waals surface area contributed by atoms with Gasteiger partial charge in [0.15, 0.2) is 5.82 Å². The van der Waals surface area contributed by atoms with Crippen LogP contribution in [0.3, 0.4) is 0 Å². The molecule has 0 spiro atoms. The predicted octanol–water partition coefficient (Wildman–Crippen LogP) is 1.97. The van der Waals surface area contributed by atoms with Crippen LogP contribution in [0, 0.1) is 5.92 Å². The van der Waals surface area contributed by atoms with Crippen molar-refractivity contribution in [3.05, 3.63) is 41.6 Å². The van der Waals surface area contributed by atoms with E-state index in [4.69, 9.17) is 0 Å². The lowest BCUT2D eigenvalue weighted by molar-refractivity contribution is -0.141. The number of alkyl halides is 3. The van der Waals surface area contributed by atoms with Crippen molar-refractivity contribution in [1.29, 1.82) is 0 Å². The van der Waals surface area contributed by atoms with E-state index in [1.807, 2.05) is 4.90 Å². The molecule has 0 aliphatic carbocycles. The largest absolute Gasteiger partial charge is 0.481 e. The molecule has 1 atom stereocenters. The van der Waals surface area contributed by atoms with Crippen LogP contribution in [0.5, 0.6) is 0 Å². The Kier molecular flexibility index (Phi) is 7.37. The molecule has 2 aliphatic rings. The number of nitrogens with zero attached hydrogens (tertiary/aromatic N) is 5. The van der Waals surface area contributed by atoms with Crippen molar-refractivity contribution in [1.82, 2.24) is 19.6 Å². The van der Waals surface area contributed by atoms with Crippen LogP contribution in [0.4, 0.5) is 29.5 Å². The first kappa shape index (κ1) is 26.7. The summed E-state index contributed by atoms with van der Waals surface area (Å²) in [5.41, 5.74) is 0.0105. The number of carbonyl (C=O) groups excluding carboxylic acids is 1. The summed E-state index contributed by atoms with van der Waals surface area (Å²) in [6, 6.07) is 4.74. The minimum Gasteiger partial charge on any atom is -0.481 e. The Morgan fingerprint density at radius 1 is 1.14 bits per heavy atom. The monoisotopic (exact) mass is 544 g/mol. The summed E-state index contributed by atoms with van der Waals surface area (Å²) in [4.78, 5) is 29.1. The number of benzene rings is 1.